The van der Waals surface area contributed by atoms with E-state index in [-0.39, 0.29) is 11.8 Å². The van der Waals surface area contributed by atoms with Crippen molar-refractivity contribution >= 4 is 11.8 Å². The Bertz CT molecular complexity index is 795. The number of hydrogen-bond donors (Lipinski definition) is 1. The first kappa shape index (κ1) is 18.1. The molecule has 2 amide bonds. The third-order valence-electron chi connectivity index (χ3n) is 4.70. The second kappa shape index (κ2) is 8.15. The molecule has 0 unspecified atom stereocenters. The van der Waals surface area contributed by atoms with E-state index < -0.39 is 0 Å². The van der Waals surface area contributed by atoms with Crippen LogP contribution in [0.5, 0.6) is 0 Å². The summed E-state index contributed by atoms with van der Waals surface area (Å²) in [6, 6.07) is 15.0. The molecule has 26 heavy (non-hydrogen) atoms. The van der Waals surface area contributed by atoms with E-state index in [2.05, 4.69) is 17.3 Å². The third-order valence-corrected chi connectivity index (χ3v) is 4.70. The molecule has 5 heteroatoms. The lowest BCUT2D eigenvalue weighted by atomic mass is 10.1. The number of carbonyl (C=O) groups is 2. The Morgan fingerprint density at radius 3 is 2.38 bits per heavy atom. The molecular formula is C21H25N3O2. The van der Waals surface area contributed by atoms with E-state index in [1.807, 2.05) is 36.1 Å². The Kier molecular flexibility index (Phi) is 5.68. The average molecular weight is 351 g/mol. The first-order valence-corrected chi connectivity index (χ1v) is 8.94. The number of piperazine rings is 1. The van der Waals surface area contributed by atoms with Crippen LogP contribution in [0, 0.1) is 6.92 Å². The fourth-order valence-electron chi connectivity index (χ4n) is 3.09. The van der Waals surface area contributed by atoms with E-state index in [1.165, 1.54) is 0 Å². The van der Waals surface area contributed by atoms with Crippen molar-refractivity contribution in [3.8, 4) is 0 Å². The fraction of sp³-hybridized carbons (Fsp3) is 0.333. The van der Waals surface area contributed by atoms with E-state index >= 15 is 0 Å². The van der Waals surface area contributed by atoms with Crippen LogP contribution >= 0.6 is 0 Å². The summed E-state index contributed by atoms with van der Waals surface area (Å²) in [5.74, 6) is -0.175. The maximum atomic E-state index is 12.7. The predicted molar refractivity (Wildman–Crippen MR) is 102 cm³/mol. The first-order valence-electron chi connectivity index (χ1n) is 8.94. The number of aryl methyl sites for hydroxylation is 1. The summed E-state index contributed by atoms with van der Waals surface area (Å²) in [7, 11) is 2.06. The first-order chi connectivity index (χ1) is 12.5. The topological polar surface area (TPSA) is 52.7 Å². The summed E-state index contributed by atoms with van der Waals surface area (Å²) in [6.07, 6.45) is 0. The smallest absolute Gasteiger partial charge is 0.253 e. The lowest BCUT2D eigenvalue weighted by Gasteiger charge is -2.32. The molecule has 0 aliphatic carbocycles. The standard InChI is InChI=1S/C21H25N3O2/c1-16-5-3-6-17(13-16)15-22-20(25)18-7-4-8-19(14-18)21(26)24-11-9-23(2)10-12-24/h3-8,13-14H,9-12,15H2,1-2H3,(H,22,25). The molecule has 0 aromatic heterocycles. The van der Waals surface area contributed by atoms with Crippen molar-refractivity contribution in [2.75, 3.05) is 33.2 Å². The highest BCUT2D eigenvalue weighted by atomic mass is 16.2. The second-order valence-corrected chi connectivity index (χ2v) is 6.85. The molecule has 1 aliphatic heterocycles. The minimum Gasteiger partial charge on any atom is -0.348 e. The molecule has 0 bridgehead atoms. The fourth-order valence-corrected chi connectivity index (χ4v) is 3.09. The molecule has 2 aromatic carbocycles. The van der Waals surface area contributed by atoms with Crippen LogP contribution in [0.3, 0.4) is 0 Å². The van der Waals surface area contributed by atoms with E-state index in [0.717, 1.165) is 37.3 Å². The molecule has 1 fully saturated rings. The number of nitrogens with zero attached hydrogens (tertiary/aromatic N) is 2. The Hall–Kier alpha value is -2.66. The number of benzene rings is 2. The van der Waals surface area contributed by atoms with Crippen LogP contribution in [0.2, 0.25) is 0 Å². The molecule has 136 valence electrons. The number of hydrogen-bond acceptors (Lipinski definition) is 3. The van der Waals surface area contributed by atoms with Crippen molar-refractivity contribution in [2.24, 2.45) is 0 Å². The van der Waals surface area contributed by atoms with Gasteiger partial charge in [0.1, 0.15) is 0 Å². The largest absolute Gasteiger partial charge is 0.348 e. The lowest BCUT2D eigenvalue weighted by Crippen LogP contribution is -2.47. The molecule has 1 heterocycles. The van der Waals surface area contributed by atoms with Gasteiger partial charge in [-0.15, -0.1) is 0 Å². The maximum Gasteiger partial charge on any atom is 0.253 e. The number of nitrogens with one attached hydrogen (secondary N) is 1. The van der Waals surface area contributed by atoms with Crippen molar-refractivity contribution in [3.63, 3.8) is 0 Å². The van der Waals surface area contributed by atoms with Crippen molar-refractivity contribution < 1.29 is 9.59 Å². The van der Waals surface area contributed by atoms with Gasteiger partial charge in [-0.1, -0.05) is 35.9 Å². The summed E-state index contributed by atoms with van der Waals surface area (Å²) in [5.41, 5.74) is 3.30. The van der Waals surface area contributed by atoms with Gasteiger partial charge in [0, 0.05) is 43.9 Å². The van der Waals surface area contributed by atoms with Crippen LogP contribution in [-0.2, 0) is 6.54 Å². The molecule has 0 saturated carbocycles. The highest BCUT2D eigenvalue weighted by molar-refractivity contribution is 5.99. The number of likely N-dealkylation sites (N-methyl/N-ethyl adjacent to an activating group) is 1. The van der Waals surface area contributed by atoms with Gasteiger partial charge < -0.3 is 15.1 Å². The average Bonchev–Trinajstić information content (AvgIpc) is 2.66. The van der Waals surface area contributed by atoms with Gasteiger partial charge in [-0.05, 0) is 37.7 Å². The van der Waals surface area contributed by atoms with Crippen molar-refractivity contribution in [2.45, 2.75) is 13.5 Å². The minimum absolute atomic E-state index is 0.00793. The van der Waals surface area contributed by atoms with Crippen LogP contribution < -0.4 is 5.32 Å². The Labute approximate surface area is 154 Å². The van der Waals surface area contributed by atoms with Gasteiger partial charge in [-0.3, -0.25) is 9.59 Å². The van der Waals surface area contributed by atoms with E-state index in [4.69, 9.17) is 0 Å². The molecule has 0 radical (unpaired) electrons. The van der Waals surface area contributed by atoms with Gasteiger partial charge in [0.05, 0.1) is 0 Å². The summed E-state index contributed by atoms with van der Waals surface area (Å²) in [4.78, 5) is 29.2. The van der Waals surface area contributed by atoms with Gasteiger partial charge in [0.2, 0.25) is 0 Å². The molecule has 1 saturated heterocycles. The van der Waals surface area contributed by atoms with Crippen molar-refractivity contribution in [1.82, 2.24) is 15.1 Å². The van der Waals surface area contributed by atoms with E-state index in [1.54, 1.807) is 24.3 Å². The zero-order valence-corrected chi connectivity index (χ0v) is 15.4. The molecule has 1 N–H and O–H groups in total. The number of amides is 2. The predicted octanol–water partition coefficient (Wildman–Crippen LogP) is 2.31. The minimum atomic E-state index is -0.167. The second-order valence-electron chi connectivity index (χ2n) is 6.85. The van der Waals surface area contributed by atoms with Crippen LogP contribution in [0.1, 0.15) is 31.8 Å². The van der Waals surface area contributed by atoms with Crippen molar-refractivity contribution in [1.29, 1.82) is 0 Å². The molecule has 0 spiro atoms. The van der Waals surface area contributed by atoms with Gasteiger partial charge >= 0.3 is 0 Å². The SMILES string of the molecule is Cc1cccc(CNC(=O)c2cccc(C(=O)N3CCN(C)CC3)c2)c1. The summed E-state index contributed by atoms with van der Waals surface area (Å²) in [5, 5.41) is 2.92. The monoisotopic (exact) mass is 351 g/mol. The third kappa shape index (κ3) is 4.49. The number of rotatable bonds is 4. The van der Waals surface area contributed by atoms with Crippen LogP contribution in [0.4, 0.5) is 0 Å². The Morgan fingerprint density at radius 2 is 1.65 bits per heavy atom. The molecule has 2 aromatic rings. The zero-order valence-electron chi connectivity index (χ0n) is 15.4. The Balaban J connectivity index is 1.64. The summed E-state index contributed by atoms with van der Waals surface area (Å²) < 4.78 is 0. The summed E-state index contributed by atoms with van der Waals surface area (Å²) >= 11 is 0. The van der Waals surface area contributed by atoms with Gasteiger partial charge in [0.25, 0.3) is 11.8 Å². The summed E-state index contributed by atoms with van der Waals surface area (Å²) in [6.45, 7) is 5.69. The van der Waals surface area contributed by atoms with Gasteiger partial charge in [0.15, 0.2) is 0 Å². The highest BCUT2D eigenvalue weighted by Gasteiger charge is 2.21. The van der Waals surface area contributed by atoms with Crippen LogP contribution in [-0.4, -0.2) is 54.8 Å². The number of carbonyl (C=O) groups excluding carboxylic acids is 2. The van der Waals surface area contributed by atoms with Crippen molar-refractivity contribution in [3.05, 3.63) is 70.8 Å². The maximum absolute atomic E-state index is 12.7. The zero-order chi connectivity index (χ0) is 18.5. The molecule has 5 nitrogen and oxygen atoms in total. The normalized spacial score (nSPS) is 14.9. The van der Waals surface area contributed by atoms with E-state index in [9.17, 15) is 9.59 Å². The molecule has 1 aliphatic rings. The molecule has 0 atom stereocenters. The highest BCUT2D eigenvalue weighted by Crippen LogP contribution is 2.11. The van der Waals surface area contributed by atoms with Crippen LogP contribution in [0.15, 0.2) is 48.5 Å². The van der Waals surface area contributed by atoms with Crippen LogP contribution in [0.25, 0.3) is 0 Å². The Morgan fingerprint density at radius 1 is 0.962 bits per heavy atom. The van der Waals surface area contributed by atoms with E-state index in [0.29, 0.717) is 17.7 Å². The quantitative estimate of drug-likeness (QED) is 0.920. The molecule has 3 rings (SSSR count). The van der Waals surface area contributed by atoms with Gasteiger partial charge in [-0.2, -0.15) is 0 Å². The lowest BCUT2D eigenvalue weighted by molar-refractivity contribution is 0.0664. The molecular weight excluding hydrogens is 326 g/mol. The van der Waals surface area contributed by atoms with Gasteiger partial charge in [-0.25, -0.2) is 0 Å².